The lowest BCUT2D eigenvalue weighted by molar-refractivity contribution is -0.00550. The maximum absolute atomic E-state index is 5.96. The summed E-state index contributed by atoms with van der Waals surface area (Å²) in [6.07, 6.45) is 1.23. The van der Waals surface area contributed by atoms with E-state index in [-0.39, 0.29) is 12.2 Å². The SMILES string of the molecule is CCc1nc(N)c(C)c(N2CC(C)OC(C)C2)n1. The van der Waals surface area contributed by atoms with E-state index < -0.39 is 0 Å². The number of ether oxygens (including phenoxy) is 1. The predicted octanol–water partition coefficient (Wildman–Crippen LogP) is 1.54. The minimum absolute atomic E-state index is 0.217. The molecule has 0 amide bonds. The smallest absolute Gasteiger partial charge is 0.137 e. The molecule has 0 radical (unpaired) electrons. The van der Waals surface area contributed by atoms with E-state index in [4.69, 9.17) is 10.5 Å². The maximum Gasteiger partial charge on any atom is 0.137 e. The van der Waals surface area contributed by atoms with Gasteiger partial charge in [0.2, 0.25) is 0 Å². The Kier molecular flexibility index (Phi) is 3.71. The lowest BCUT2D eigenvalue weighted by Crippen LogP contribution is -2.46. The van der Waals surface area contributed by atoms with Crippen LogP contribution in [0.5, 0.6) is 0 Å². The van der Waals surface area contributed by atoms with Crippen molar-refractivity contribution in [2.75, 3.05) is 23.7 Å². The van der Waals surface area contributed by atoms with Crippen molar-refractivity contribution in [1.82, 2.24) is 9.97 Å². The summed E-state index contributed by atoms with van der Waals surface area (Å²) in [6, 6.07) is 0. The van der Waals surface area contributed by atoms with Gasteiger partial charge in [-0.2, -0.15) is 0 Å². The van der Waals surface area contributed by atoms with Crippen LogP contribution in [0, 0.1) is 6.92 Å². The highest BCUT2D eigenvalue weighted by atomic mass is 16.5. The summed E-state index contributed by atoms with van der Waals surface area (Å²) < 4.78 is 5.75. The fourth-order valence-electron chi connectivity index (χ4n) is 2.39. The third kappa shape index (κ3) is 2.56. The Labute approximate surface area is 108 Å². The second-order valence-electron chi connectivity index (χ2n) is 4.99. The minimum atomic E-state index is 0.217. The second kappa shape index (κ2) is 5.10. The first-order valence-corrected chi connectivity index (χ1v) is 6.54. The van der Waals surface area contributed by atoms with Gasteiger partial charge in [-0.05, 0) is 20.8 Å². The van der Waals surface area contributed by atoms with Crippen LogP contribution in [0.25, 0.3) is 0 Å². The van der Waals surface area contributed by atoms with Crippen molar-refractivity contribution in [1.29, 1.82) is 0 Å². The summed E-state index contributed by atoms with van der Waals surface area (Å²) in [4.78, 5) is 11.2. The van der Waals surface area contributed by atoms with Crippen LogP contribution in [0.2, 0.25) is 0 Å². The average molecular weight is 250 g/mol. The lowest BCUT2D eigenvalue weighted by atomic mass is 10.2. The van der Waals surface area contributed by atoms with E-state index in [1.807, 2.05) is 13.8 Å². The summed E-state index contributed by atoms with van der Waals surface area (Å²) in [7, 11) is 0. The molecular weight excluding hydrogens is 228 g/mol. The zero-order chi connectivity index (χ0) is 13.3. The van der Waals surface area contributed by atoms with Gasteiger partial charge in [0.1, 0.15) is 17.5 Å². The van der Waals surface area contributed by atoms with E-state index in [0.717, 1.165) is 36.7 Å². The van der Waals surface area contributed by atoms with Gasteiger partial charge in [0.05, 0.1) is 12.2 Å². The third-order valence-corrected chi connectivity index (χ3v) is 3.24. The molecule has 1 aromatic rings. The zero-order valence-corrected chi connectivity index (χ0v) is 11.6. The summed E-state index contributed by atoms with van der Waals surface area (Å²) in [6.45, 7) is 9.90. The van der Waals surface area contributed by atoms with Gasteiger partial charge in [0, 0.05) is 25.1 Å². The Hall–Kier alpha value is -1.36. The molecule has 18 heavy (non-hydrogen) atoms. The van der Waals surface area contributed by atoms with Crippen molar-refractivity contribution >= 4 is 11.6 Å². The van der Waals surface area contributed by atoms with Crippen LogP contribution in [-0.4, -0.2) is 35.3 Å². The molecule has 2 unspecified atom stereocenters. The number of hydrogen-bond acceptors (Lipinski definition) is 5. The number of rotatable bonds is 2. The van der Waals surface area contributed by atoms with E-state index in [9.17, 15) is 0 Å². The Morgan fingerprint density at radius 1 is 1.28 bits per heavy atom. The second-order valence-corrected chi connectivity index (χ2v) is 4.99. The fraction of sp³-hybridized carbons (Fsp3) is 0.692. The number of nitrogens with two attached hydrogens (primary N) is 1. The molecule has 1 fully saturated rings. The first-order chi connectivity index (χ1) is 8.51. The fourth-order valence-corrected chi connectivity index (χ4v) is 2.39. The Morgan fingerprint density at radius 3 is 2.44 bits per heavy atom. The molecule has 2 rings (SSSR count). The minimum Gasteiger partial charge on any atom is -0.383 e. The molecule has 5 heteroatoms. The number of aromatic nitrogens is 2. The molecule has 0 aliphatic carbocycles. The van der Waals surface area contributed by atoms with Crippen molar-refractivity contribution < 1.29 is 4.74 Å². The number of hydrogen-bond donors (Lipinski definition) is 1. The predicted molar refractivity (Wildman–Crippen MR) is 72.8 cm³/mol. The Morgan fingerprint density at radius 2 is 1.89 bits per heavy atom. The van der Waals surface area contributed by atoms with Crippen molar-refractivity contribution in [2.24, 2.45) is 0 Å². The highest BCUT2D eigenvalue weighted by molar-refractivity contribution is 5.56. The van der Waals surface area contributed by atoms with Crippen molar-refractivity contribution in [3.05, 3.63) is 11.4 Å². The summed E-state index contributed by atoms with van der Waals surface area (Å²) in [5, 5.41) is 0. The topological polar surface area (TPSA) is 64.3 Å². The molecular formula is C13H22N4O. The molecule has 1 aromatic heterocycles. The molecule has 5 nitrogen and oxygen atoms in total. The number of nitrogens with zero attached hydrogens (tertiary/aromatic N) is 3. The molecule has 1 aliphatic heterocycles. The molecule has 2 heterocycles. The van der Waals surface area contributed by atoms with Crippen molar-refractivity contribution in [3.8, 4) is 0 Å². The van der Waals surface area contributed by atoms with Gasteiger partial charge in [-0.1, -0.05) is 6.92 Å². The van der Waals surface area contributed by atoms with Crippen LogP contribution in [0.3, 0.4) is 0 Å². The molecule has 100 valence electrons. The van der Waals surface area contributed by atoms with E-state index in [0.29, 0.717) is 5.82 Å². The highest BCUT2D eigenvalue weighted by Gasteiger charge is 2.25. The molecule has 0 spiro atoms. The van der Waals surface area contributed by atoms with E-state index in [2.05, 4.69) is 28.7 Å². The number of anilines is 2. The molecule has 1 aliphatic rings. The maximum atomic E-state index is 5.96. The number of nitrogen functional groups attached to an aromatic ring is 1. The lowest BCUT2D eigenvalue weighted by Gasteiger charge is -2.36. The first kappa shape index (κ1) is 13.1. The number of aryl methyl sites for hydroxylation is 1. The van der Waals surface area contributed by atoms with Gasteiger partial charge in [-0.25, -0.2) is 9.97 Å². The standard InChI is InChI=1S/C13H22N4O/c1-5-11-15-12(14)10(4)13(16-11)17-6-8(2)18-9(3)7-17/h8-9H,5-7H2,1-4H3,(H2,14,15,16). The van der Waals surface area contributed by atoms with Gasteiger partial charge >= 0.3 is 0 Å². The Balaban J connectivity index is 2.34. The molecule has 0 bridgehead atoms. The van der Waals surface area contributed by atoms with Crippen LogP contribution in [0.1, 0.15) is 32.2 Å². The molecule has 0 saturated carbocycles. The van der Waals surface area contributed by atoms with Gasteiger partial charge in [-0.3, -0.25) is 0 Å². The van der Waals surface area contributed by atoms with E-state index in [1.54, 1.807) is 0 Å². The summed E-state index contributed by atoms with van der Waals surface area (Å²) >= 11 is 0. The van der Waals surface area contributed by atoms with Gasteiger partial charge in [-0.15, -0.1) is 0 Å². The monoisotopic (exact) mass is 250 g/mol. The zero-order valence-electron chi connectivity index (χ0n) is 11.6. The van der Waals surface area contributed by atoms with E-state index in [1.165, 1.54) is 0 Å². The van der Waals surface area contributed by atoms with Crippen LogP contribution >= 0.6 is 0 Å². The van der Waals surface area contributed by atoms with E-state index >= 15 is 0 Å². The van der Waals surface area contributed by atoms with Gasteiger partial charge in [0.15, 0.2) is 0 Å². The highest BCUT2D eigenvalue weighted by Crippen LogP contribution is 2.25. The first-order valence-electron chi connectivity index (χ1n) is 6.54. The van der Waals surface area contributed by atoms with Crippen LogP contribution in [-0.2, 0) is 11.2 Å². The molecule has 1 saturated heterocycles. The van der Waals surface area contributed by atoms with Gasteiger partial charge < -0.3 is 15.4 Å². The Bertz CT molecular complexity index is 425. The van der Waals surface area contributed by atoms with Gasteiger partial charge in [0.25, 0.3) is 0 Å². The normalized spacial score (nSPS) is 24.3. The summed E-state index contributed by atoms with van der Waals surface area (Å²) in [5.74, 6) is 2.35. The molecule has 2 atom stereocenters. The largest absolute Gasteiger partial charge is 0.383 e. The number of morpholine rings is 1. The summed E-state index contributed by atoms with van der Waals surface area (Å²) in [5.41, 5.74) is 6.93. The third-order valence-electron chi connectivity index (χ3n) is 3.24. The molecule has 2 N–H and O–H groups in total. The van der Waals surface area contributed by atoms with Crippen LogP contribution in [0.15, 0.2) is 0 Å². The quantitative estimate of drug-likeness (QED) is 0.862. The van der Waals surface area contributed by atoms with Crippen molar-refractivity contribution in [3.63, 3.8) is 0 Å². The average Bonchev–Trinajstić information content (AvgIpc) is 2.31. The van der Waals surface area contributed by atoms with Crippen LogP contribution < -0.4 is 10.6 Å². The molecule has 0 aromatic carbocycles. The van der Waals surface area contributed by atoms with Crippen LogP contribution in [0.4, 0.5) is 11.6 Å². The van der Waals surface area contributed by atoms with Crippen molar-refractivity contribution in [2.45, 2.75) is 46.3 Å².